The van der Waals surface area contributed by atoms with E-state index in [-0.39, 0.29) is 0 Å². The molecular weight excluding hydrogens is 637 g/mol. The molecule has 8 aromatic carbocycles. The van der Waals surface area contributed by atoms with Gasteiger partial charge in [0.1, 0.15) is 16.7 Å². The number of furan rings is 2. The van der Waals surface area contributed by atoms with Crippen LogP contribution in [-0.4, -0.2) is 9.13 Å². The number of hydrogen-bond acceptors (Lipinski definition) is 2. The summed E-state index contributed by atoms with van der Waals surface area (Å²) in [6, 6.07) is 60.4. The van der Waals surface area contributed by atoms with Crippen LogP contribution in [0.3, 0.4) is 0 Å². The third kappa shape index (κ3) is 3.70. The molecule has 0 unspecified atom stereocenters. The average Bonchev–Trinajstić information content (AvgIpc) is 3.95. The van der Waals surface area contributed by atoms with E-state index in [0.717, 1.165) is 77.4 Å². The van der Waals surface area contributed by atoms with Gasteiger partial charge in [-0.2, -0.15) is 0 Å². The van der Waals surface area contributed by atoms with E-state index in [0.29, 0.717) is 0 Å². The quantitative estimate of drug-likeness (QED) is 0.188. The molecule has 0 amide bonds. The zero-order valence-corrected chi connectivity index (χ0v) is 27.9. The molecule has 0 spiro atoms. The number of para-hydroxylation sites is 4. The van der Waals surface area contributed by atoms with E-state index in [2.05, 4.69) is 173 Å². The number of hydrogen-bond donors (Lipinski definition) is 0. The number of benzene rings is 8. The van der Waals surface area contributed by atoms with Crippen molar-refractivity contribution in [3.63, 3.8) is 0 Å². The lowest BCUT2D eigenvalue weighted by molar-refractivity contribution is 0.664. The SMILES string of the molecule is c1ccc(-n2c3ccccc3c3cc(-c4ccc5oc6ccc7oc8c(ccc9c%10ccccc%10n(-c%10ccccc%10)c98)c7c6c5c4)ccc32)cc1. The number of nitrogens with zero attached hydrogens (tertiary/aromatic N) is 2. The Kier molecular flexibility index (Phi) is 5.47. The third-order valence-corrected chi connectivity index (χ3v) is 10.9. The smallest absolute Gasteiger partial charge is 0.160 e. The van der Waals surface area contributed by atoms with Crippen LogP contribution >= 0.6 is 0 Å². The maximum absolute atomic E-state index is 6.86. The maximum Gasteiger partial charge on any atom is 0.160 e. The first-order valence-corrected chi connectivity index (χ1v) is 17.7. The van der Waals surface area contributed by atoms with Gasteiger partial charge < -0.3 is 18.0 Å². The molecule has 12 aromatic rings. The second-order valence-electron chi connectivity index (χ2n) is 13.7. The van der Waals surface area contributed by atoms with Crippen LogP contribution in [0.1, 0.15) is 0 Å². The van der Waals surface area contributed by atoms with Gasteiger partial charge in [0.05, 0.1) is 22.1 Å². The predicted molar refractivity (Wildman–Crippen MR) is 215 cm³/mol. The van der Waals surface area contributed by atoms with Crippen molar-refractivity contribution in [2.75, 3.05) is 0 Å². The van der Waals surface area contributed by atoms with Crippen molar-refractivity contribution in [3.8, 4) is 22.5 Å². The van der Waals surface area contributed by atoms with E-state index < -0.39 is 0 Å². The molecule has 0 radical (unpaired) electrons. The molecule has 0 saturated heterocycles. The van der Waals surface area contributed by atoms with Gasteiger partial charge in [-0.05, 0) is 90.0 Å². The number of fused-ring (bicyclic) bond motifs is 14. The first-order chi connectivity index (χ1) is 25.8. The summed E-state index contributed by atoms with van der Waals surface area (Å²) < 4.78 is 18.1. The first-order valence-electron chi connectivity index (χ1n) is 17.7. The van der Waals surface area contributed by atoms with Gasteiger partial charge in [-0.15, -0.1) is 0 Å². The Bertz CT molecular complexity index is 3400. The fourth-order valence-corrected chi connectivity index (χ4v) is 8.67. The van der Waals surface area contributed by atoms with Gasteiger partial charge in [-0.1, -0.05) is 91.0 Å². The van der Waals surface area contributed by atoms with Crippen molar-refractivity contribution in [1.82, 2.24) is 9.13 Å². The van der Waals surface area contributed by atoms with Gasteiger partial charge in [0.2, 0.25) is 0 Å². The van der Waals surface area contributed by atoms with Crippen LogP contribution in [0.2, 0.25) is 0 Å². The van der Waals surface area contributed by atoms with Crippen molar-refractivity contribution in [2.45, 2.75) is 0 Å². The van der Waals surface area contributed by atoms with E-state index in [1.165, 1.54) is 32.6 Å². The fourth-order valence-electron chi connectivity index (χ4n) is 8.67. The van der Waals surface area contributed by atoms with Crippen molar-refractivity contribution >= 4 is 87.5 Å². The van der Waals surface area contributed by atoms with Crippen LogP contribution in [0.4, 0.5) is 0 Å². The van der Waals surface area contributed by atoms with Crippen molar-refractivity contribution in [2.24, 2.45) is 0 Å². The highest BCUT2D eigenvalue weighted by Gasteiger charge is 2.22. The molecule has 242 valence electrons. The van der Waals surface area contributed by atoms with Crippen LogP contribution < -0.4 is 0 Å². The minimum atomic E-state index is 0.850. The standard InChI is InChI=1S/C48H28N2O2/c1-3-11-31(12-4-1)49-39-17-9-8-16-34(39)37-27-29(19-23-41(37)49)30-20-24-42-38(28-30)46-43(51-42)25-26-44-45(46)36-22-21-35-33-15-7-10-18-40(33)50(47(35)48(36)52-44)32-13-5-2-6-14-32/h1-28H. The van der Waals surface area contributed by atoms with Crippen LogP contribution in [0.5, 0.6) is 0 Å². The Morgan fingerprint density at radius 2 is 0.846 bits per heavy atom. The molecule has 0 aliphatic heterocycles. The Morgan fingerprint density at radius 1 is 0.327 bits per heavy atom. The lowest BCUT2D eigenvalue weighted by Crippen LogP contribution is -1.93. The summed E-state index contributed by atoms with van der Waals surface area (Å²) >= 11 is 0. The summed E-state index contributed by atoms with van der Waals surface area (Å²) in [7, 11) is 0. The van der Waals surface area contributed by atoms with Gasteiger partial charge in [0, 0.05) is 54.5 Å². The summed E-state index contributed by atoms with van der Waals surface area (Å²) in [5, 5.41) is 9.17. The zero-order valence-electron chi connectivity index (χ0n) is 27.9. The molecule has 12 rings (SSSR count). The highest BCUT2D eigenvalue weighted by molar-refractivity contribution is 6.30. The Morgan fingerprint density at radius 3 is 1.60 bits per heavy atom. The molecule has 0 saturated carbocycles. The topological polar surface area (TPSA) is 36.1 Å². The molecule has 4 aromatic heterocycles. The Balaban J connectivity index is 1.11. The van der Waals surface area contributed by atoms with E-state index in [1.54, 1.807) is 0 Å². The van der Waals surface area contributed by atoms with Gasteiger partial charge in [0.15, 0.2) is 5.58 Å². The largest absolute Gasteiger partial charge is 0.456 e. The molecule has 4 heterocycles. The fraction of sp³-hybridized carbons (Fsp3) is 0. The second-order valence-corrected chi connectivity index (χ2v) is 13.7. The molecule has 4 heteroatoms. The van der Waals surface area contributed by atoms with Gasteiger partial charge in [0.25, 0.3) is 0 Å². The second kappa shape index (κ2) is 10.3. The molecule has 0 aliphatic carbocycles. The normalized spacial score (nSPS) is 12.2. The lowest BCUT2D eigenvalue weighted by atomic mass is 9.99. The first kappa shape index (κ1) is 27.7. The molecule has 0 N–H and O–H groups in total. The van der Waals surface area contributed by atoms with Crippen LogP contribution in [0.15, 0.2) is 179 Å². The zero-order chi connectivity index (χ0) is 33.9. The maximum atomic E-state index is 6.86. The minimum absolute atomic E-state index is 0.850. The third-order valence-electron chi connectivity index (χ3n) is 10.9. The molecule has 0 aliphatic rings. The molecular formula is C48H28N2O2. The molecule has 0 fully saturated rings. The highest BCUT2D eigenvalue weighted by atomic mass is 16.3. The van der Waals surface area contributed by atoms with Gasteiger partial charge in [-0.3, -0.25) is 0 Å². The summed E-state index contributed by atoms with van der Waals surface area (Å²) in [4.78, 5) is 0. The van der Waals surface area contributed by atoms with E-state index in [9.17, 15) is 0 Å². The Hall–Kier alpha value is -7.04. The predicted octanol–water partition coefficient (Wildman–Crippen LogP) is 13.3. The van der Waals surface area contributed by atoms with Crippen LogP contribution in [-0.2, 0) is 0 Å². The van der Waals surface area contributed by atoms with Crippen molar-refractivity contribution in [3.05, 3.63) is 170 Å². The average molecular weight is 665 g/mol. The summed E-state index contributed by atoms with van der Waals surface area (Å²) in [5.41, 5.74) is 12.6. The van der Waals surface area contributed by atoms with Gasteiger partial charge in [-0.25, -0.2) is 0 Å². The number of aromatic nitrogens is 2. The van der Waals surface area contributed by atoms with Crippen molar-refractivity contribution in [1.29, 1.82) is 0 Å². The summed E-state index contributed by atoms with van der Waals surface area (Å²) in [6.07, 6.45) is 0. The van der Waals surface area contributed by atoms with Crippen LogP contribution in [0, 0.1) is 0 Å². The monoisotopic (exact) mass is 664 g/mol. The number of rotatable bonds is 3. The lowest BCUT2D eigenvalue weighted by Gasteiger charge is -2.08. The van der Waals surface area contributed by atoms with E-state index in [1.807, 2.05) is 6.07 Å². The van der Waals surface area contributed by atoms with Crippen LogP contribution in [0.25, 0.3) is 110 Å². The minimum Gasteiger partial charge on any atom is -0.456 e. The summed E-state index contributed by atoms with van der Waals surface area (Å²) in [5.74, 6) is 0. The molecule has 0 bridgehead atoms. The van der Waals surface area contributed by atoms with Crippen molar-refractivity contribution < 1.29 is 8.83 Å². The molecule has 4 nitrogen and oxygen atoms in total. The van der Waals surface area contributed by atoms with Gasteiger partial charge >= 0.3 is 0 Å². The highest BCUT2D eigenvalue weighted by Crippen LogP contribution is 2.45. The molecule has 0 atom stereocenters. The molecule has 52 heavy (non-hydrogen) atoms. The summed E-state index contributed by atoms with van der Waals surface area (Å²) in [6.45, 7) is 0. The van der Waals surface area contributed by atoms with E-state index >= 15 is 0 Å². The van der Waals surface area contributed by atoms with E-state index in [4.69, 9.17) is 8.83 Å². The Labute approximate surface area is 296 Å².